The van der Waals surface area contributed by atoms with Gasteiger partial charge in [-0.05, 0) is 56.7 Å². The lowest BCUT2D eigenvalue weighted by atomic mass is 10.1. The van der Waals surface area contributed by atoms with E-state index in [2.05, 4.69) is 21.6 Å². The van der Waals surface area contributed by atoms with Gasteiger partial charge in [0.2, 0.25) is 0 Å². The molecule has 1 heterocycles. The minimum atomic E-state index is -0.0754. The molecule has 2 amide bonds. The number of anilines is 1. The van der Waals surface area contributed by atoms with Crippen molar-refractivity contribution in [1.82, 2.24) is 10.2 Å². The second-order valence-corrected chi connectivity index (χ2v) is 6.46. The molecule has 4 heteroatoms. The van der Waals surface area contributed by atoms with Crippen molar-refractivity contribution in [2.75, 3.05) is 18.4 Å². The Bertz CT molecular complexity index is 517. The number of aryl methyl sites for hydroxylation is 2. The Labute approximate surface area is 126 Å². The number of nitrogens with one attached hydrogen (secondary N) is 2. The Balaban J connectivity index is 1.49. The third-order valence-electron chi connectivity index (χ3n) is 4.57. The third kappa shape index (κ3) is 3.76. The van der Waals surface area contributed by atoms with Gasteiger partial charge < -0.3 is 15.5 Å². The second-order valence-electron chi connectivity index (χ2n) is 6.46. The number of hydrogen-bond acceptors (Lipinski definition) is 2. The normalized spacial score (nSPS) is 20.3. The number of piperidine rings is 1. The van der Waals surface area contributed by atoms with Crippen LogP contribution in [0.25, 0.3) is 0 Å². The minimum Gasteiger partial charge on any atom is -0.335 e. The maximum absolute atomic E-state index is 12.1. The summed E-state index contributed by atoms with van der Waals surface area (Å²) in [5.74, 6) is 0. The standard InChI is InChI=1S/C17H25N3O/c1-12-3-4-13(2)16(11-12)19-17(21)18-14-7-9-20(10-8-14)15-5-6-15/h3-4,11,14-15H,5-10H2,1-2H3,(H2,18,19,21). The fourth-order valence-electron chi connectivity index (χ4n) is 3.06. The smallest absolute Gasteiger partial charge is 0.319 e. The largest absolute Gasteiger partial charge is 0.335 e. The maximum Gasteiger partial charge on any atom is 0.319 e. The van der Waals surface area contributed by atoms with Gasteiger partial charge in [0.25, 0.3) is 0 Å². The van der Waals surface area contributed by atoms with E-state index >= 15 is 0 Å². The first kappa shape index (κ1) is 14.4. The van der Waals surface area contributed by atoms with Gasteiger partial charge >= 0.3 is 6.03 Å². The van der Waals surface area contributed by atoms with Crippen molar-refractivity contribution in [2.24, 2.45) is 0 Å². The number of nitrogens with zero attached hydrogens (tertiary/aromatic N) is 1. The van der Waals surface area contributed by atoms with E-state index in [0.717, 1.165) is 48.8 Å². The van der Waals surface area contributed by atoms with Crippen molar-refractivity contribution in [3.63, 3.8) is 0 Å². The maximum atomic E-state index is 12.1. The van der Waals surface area contributed by atoms with E-state index in [1.54, 1.807) is 0 Å². The van der Waals surface area contributed by atoms with E-state index in [9.17, 15) is 4.79 Å². The SMILES string of the molecule is Cc1ccc(C)c(NC(=O)NC2CCN(C3CC3)CC2)c1. The van der Waals surface area contributed by atoms with Crippen molar-refractivity contribution in [1.29, 1.82) is 0 Å². The van der Waals surface area contributed by atoms with Gasteiger partial charge in [0, 0.05) is 30.9 Å². The Hall–Kier alpha value is -1.55. The van der Waals surface area contributed by atoms with E-state index in [-0.39, 0.29) is 6.03 Å². The van der Waals surface area contributed by atoms with Crippen LogP contribution in [-0.2, 0) is 0 Å². The molecule has 0 radical (unpaired) electrons. The molecule has 4 nitrogen and oxygen atoms in total. The Morgan fingerprint density at radius 3 is 2.52 bits per heavy atom. The molecule has 0 spiro atoms. The van der Waals surface area contributed by atoms with Gasteiger partial charge in [-0.25, -0.2) is 4.79 Å². The summed E-state index contributed by atoms with van der Waals surface area (Å²) >= 11 is 0. The number of likely N-dealkylation sites (tertiary alicyclic amines) is 1. The minimum absolute atomic E-state index is 0.0754. The summed E-state index contributed by atoms with van der Waals surface area (Å²) in [7, 11) is 0. The Morgan fingerprint density at radius 2 is 1.86 bits per heavy atom. The Kier molecular flexibility index (Phi) is 4.15. The average Bonchev–Trinajstić information content (AvgIpc) is 3.28. The predicted molar refractivity (Wildman–Crippen MR) is 85.7 cm³/mol. The lowest BCUT2D eigenvalue weighted by molar-refractivity contribution is 0.189. The Morgan fingerprint density at radius 1 is 1.14 bits per heavy atom. The van der Waals surface area contributed by atoms with Gasteiger partial charge in [-0.1, -0.05) is 12.1 Å². The molecule has 0 atom stereocenters. The molecule has 1 saturated heterocycles. The predicted octanol–water partition coefficient (Wildman–Crippen LogP) is 3.05. The van der Waals surface area contributed by atoms with Crippen LogP contribution in [0.4, 0.5) is 10.5 Å². The molecule has 1 aliphatic heterocycles. The highest BCUT2D eigenvalue weighted by molar-refractivity contribution is 5.90. The van der Waals surface area contributed by atoms with Crippen LogP contribution in [0.3, 0.4) is 0 Å². The van der Waals surface area contributed by atoms with Gasteiger partial charge in [-0.3, -0.25) is 0 Å². The van der Waals surface area contributed by atoms with E-state index in [1.807, 2.05) is 26.0 Å². The van der Waals surface area contributed by atoms with Crippen LogP contribution >= 0.6 is 0 Å². The van der Waals surface area contributed by atoms with Crippen LogP contribution in [0, 0.1) is 13.8 Å². The molecular formula is C17H25N3O. The fraction of sp³-hybridized carbons (Fsp3) is 0.588. The lowest BCUT2D eigenvalue weighted by Crippen LogP contribution is -2.46. The van der Waals surface area contributed by atoms with E-state index in [4.69, 9.17) is 0 Å². The van der Waals surface area contributed by atoms with Crippen molar-refractivity contribution >= 4 is 11.7 Å². The van der Waals surface area contributed by atoms with Crippen LogP contribution < -0.4 is 10.6 Å². The first-order valence-corrected chi connectivity index (χ1v) is 8.00. The summed E-state index contributed by atoms with van der Waals surface area (Å²) in [6.07, 6.45) is 4.86. The highest BCUT2D eigenvalue weighted by Crippen LogP contribution is 2.29. The zero-order chi connectivity index (χ0) is 14.8. The van der Waals surface area contributed by atoms with Crippen molar-refractivity contribution in [3.8, 4) is 0 Å². The molecule has 1 aromatic carbocycles. The number of amides is 2. The highest BCUT2D eigenvalue weighted by Gasteiger charge is 2.32. The lowest BCUT2D eigenvalue weighted by Gasteiger charge is -2.32. The van der Waals surface area contributed by atoms with Crippen LogP contribution in [0.15, 0.2) is 18.2 Å². The molecule has 1 aromatic rings. The molecular weight excluding hydrogens is 262 g/mol. The summed E-state index contributed by atoms with van der Waals surface area (Å²) < 4.78 is 0. The number of rotatable bonds is 3. The van der Waals surface area contributed by atoms with Gasteiger partial charge in [-0.15, -0.1) is 0 Å². The number of urea groups is 1. The van der Waals surface area contributed by atoms with Crippen molar-refractivity contribution in [3.05, 3.63) is 29.3 Å². The molecule has 3 rings (SSSR count). The monoisotopic (exact) mass is 287 g/mol. The van der Waals surface area contributed by atoms with Gasteiger partial charge in [-0.2, -0.15) is 0 Å². The number of carbonyl (C=O) groups is 1. The van der Waals surface area contributed by atoms with Crippen LogP contribution in [0.5, 0.6) is 0 Å². The topological polar surface area (TPSA) is 44.4 Å². The first-order valence-electron chi connectivity index (χ1n) is 8.00. The summed E-state index contributed by atoms with van der Waals surface area (Å²) in [4.78, 5) is 14.7. The zero-order valence-electron chi connectivity index (χ0n) is 13.0. The van der Waals surface area contributed by atoms with Crippen molar-refractivity contribution < 1.29 is 4.79 Å². The van der Waals surface area contributed by atoms with Gasteiger partial charge in [0.05, 0.1) is 0 Å². The molecule has 2 N–H and O–H groups in total. The molecule has 0 aromatic heterocycles. The van der Waals surface area contributed by atoms with E-state index in [1.165, 1.54) is 12.8 Å². The quantitative estimate of drug-likeness (QED) is 0.897. The molecule has 2 aliphatic rings. The molecule has 2 fully saturated rings. The molecule has 1 aliphatic carbocycles. The number of carbonyl (C=O) groups excluding carboxylic acids is 1. The van der Waals surface area contributed by atoms with Gasteiger partial charge in [0.1, 0.15) is 0 Å². The van der Waals surface area contributed by atoms with Crippen LogP contribution in [-0.4, -0.2) is 36.1 Å². The summed E-state index contributed by atoms with van der Waals surface area (Å²) in [6, 6.07) is 7.20. The van der Waals surface area contributed by atoms with E-state index < -0.39 is 0 Å². The average molecular weight is 287 g/mol. The second kappa shape index (κ2) is 6.06. The molecule has 114 valence electrons. The summed E-state index contributed by atoms with van der Waals surface area (Å²) in [5, 5.41) is 6.10. The number of hydrogen-bond donors (Lipinski definition) is 2. The van der Waals surface area contributed by atoms with E-state index in [0.29, 0.717) is 6.04 Å². The fourth-order valence-corrected chi connectivity index (χ4v) is 3.06. The van der Waals surface area contributed by atoms with Crippen molar-refractivity contribution in [2.45, 2.75) is 51.6 Å². The number of benzene rings is 1. The summed E-state index contributed by atoms with van der Waals surface area (Å²) in [5.41, 5.74) is 3.16. The summed E-state index contributed by atoms with van der Waals surface area (Å²) in [6.45, 7) is 6.30. The first-order chi connectivity index (χ1) is 10.1. The molecule has 0 unspecified atom stereocenters. The zero-order valence-corrected chi connectivity index (χ0v) is 13.0. The van der Waals surface area contributed by atoms with Gasteiger partial charge in [0.15, 0.2) is 0 Å². The molecule has 0 bridgehead atoms. The van der Waals surface area contributed by atoms with Crippen LogP contribution in [0.1, 0.15) is 36.8 Å². The van der Waals surface area contributed by atoms with Crippen LogP contribution in [0.2, 0.25) is 0 Å². The third-order valence-corrected chi connectivity index (χ3v) is 4.57. The molecule has 21 heavy (non-hydrogen) atoms. The molecule has 1 saturated carbocycles. The highest BCUT2D eigenvalue weighted by atomic mass is 16.2.